The molecule has 2 aromatic rings. The molecule has 1 aliphatic rings. The Balaban J connectivity index is 1.67. The number of alkyl halides is 3. The molecule has 7 N–H and O–H groups in total. The Kier molecular flexibility index (Phi) is 6.08. The molecule has 13 heteroatoms. The lowest BCUT2D eigenvalue weighted by Gasteiger charge is -2.15. The van der Waals surface area contributed by atoms with Crippen molar-refractivity contribution in [1.29, 1.82) is 0 Å². The molecule has 1 aliphatic heterocycles. The average molecular weight is 410 g/mol. The molecular formula is C16H21F3N10. The number of anilines is 3. The second-order valence-electron chi connectivity index (χ2n) is 6.16. The maximum Gasteiger partial charge on any atom is 0.442 e. The van der Waals surface area contributed by atoms with Crippen LogP contribution in [0.4, 0.5) is 31.0 Å². The maximum atomic E-state index is 13.1. The van der Waals surface area contributed by atoms with E-state index in [1.54, 1.807) is 12.1 Å². The number of halogens is 3. The standard InChI is InChI=1S/C16H21F3N10/c17-16(18,19)15(28-29-15)11-3-1-10(2-4-11)9-24-14-26-12(22-7-5-20)25-13(27-14)23-8-6-21/h1-4H,5-9,20-21H2,(H3,22,23,24,25,26,27). The van der Waals surface area contributed by atoms with E-state index in [1.165, 1.54) is 12.1 Å². The monoisotopic (exact) mass is 410 g/mol. The van der Waals surface area contributed by atoms with Gasteiger partial charge in [-0.3, -0.25) is 0 Å². The number of benzene rings is 1. The summed E-state index contributed by atoms with van der Waals surface area (Å²) in [5.74, 6) is 0.973. The first-order chi connectivity index (χ1) is 13.9. The number of nitrogens with two attached hydrogens (primary N) is 2. The van der Waals surface area contributed by atoms with Crippen LogP contribution in [0, 0.1) is 0 Å². The first kappa shape index (κ1) is 20.7. The van der Waals surface area contributed by atoms with Crippen LogP contribution in [0.15, 0.2) is 34.5 Å². The Morgan fingerprint density at radius 3 is 1.69 bits per heavy atom. The van der Waals surface area contributed by atoms with Gasteiger partial charge < -0.3 is 27.4 Å². The second-order valence-corrected chi connectivity index (χ2v) is 6.16. The van der Waals surface area contributed by atoms with E-state index < -0.39 is 11.8 Å². The zero-order chi connectivity index (χ0) is 20.9. The highest BCUT2D eigenvalue weighted by atomic mass is 19.4. The quantitative estimate of drug-likeness (QED) is 0.394. The molecule has 0 aliphatic carbocycles. The second kappa shape index (κ2) is 8.53. The lowest BCUT2D eigenvalue weighted by molar-refractivity contribution is -0.166. The predicted octanol–water partition coefficient (Wildman–Crippen LogP) is 1.41. The van der Waals surface area contributed by atoms with Crippen LogP contribution in [-0.4, -0.2) is 47.3 Å². The van der Waals surface area contributed by atoms with E-state index in [-0.39, 0.29) is 5.56 Å². The molecule has 0 spiro atoms. The fourth-order valence-electron chi connectivity index (χ4n) is 2.46. The Hall–Kier alpha value is -3.06. The van der Waals surface area contributed by atoms with Gasteiger partial charge in [-0.2, -0.15) is 28.1 Å². The molecule has 2 heterocycles. The largest absolute Gasteiger partial charge is 0.442 e. The van der Waals surface area contributed by atoms with Gasteiger partial charge >= 0.3 is 11.8 Å². The summed E-state index contributed by atoms with van der Waals surface area (Å²) >= 11 is 0. The van der Waals surface area contributed by atoms with E-state index in [9.17, 15) is 13.2 Å². The van der Waals surface area contributed by atoms with E-state index in [2.05, 4.69) is 41.1 Å². The van der Waals surface area contributed by atoms with Gasteiger partial charge in [-0.25, -0.2) is 0 Å². The van der Waals surface area contributed by atoms with Crippen molar-refractivity contribution in [3.05, 3.63) is 35.4 Å². The van der Waals surface area contributed by atoms with Gasteiger partial charge in [-0.15, -0.1) is 10.2 Å². The van der Waals surface area contributed by atoms with Crippen molar-refractivity contribution in [3.8, 4) is 0 Å². The minimum absolute atomic E-state index is 0.0181. The molecule has 0 saturated carbocycles. The van der Waals surface area contributed by atoms with Crippen LogP contribution in [-0.2, 0) is 12.2 Å². The lowest BCUT2D eigenvalue weighted by Crippen LogP contribution is -2.30. The van der Waals surface area contributed by atoms with Crippen molar-refractivity contribution in [2.24, 2.45) is 21.7 Å². The summed E-state index contributed by atoms with van der Waals surface area (Å²) < 4.78 is 39.2. The fraction of sp³-hybridized carbons (Fsp3) is 0.438. The number of rotatable bonds is 10. The van der Waals surface area contributed by atoms with E-state index in [0.717, 1.165) is 5.56 Å². The van der Waals surface area contributed by atoms with Crippen molar-refractivity contribution < 1.29 is 13.2 Å². The molecule has 0 radical (unpaired) electrons. The SMILES string of the molecule is NCCNc1nc(NCCN)nc(NCc2ccc(C3(C(F)(F)F)N=N3)cc2)n1. The number of hydrogen-bond acceptors (Lipinski definition) is 10. The number of nitrogens with zero attached hydrogens (tertiary/aromatic N) is 5. The van der Waals surface area contributed by atoms with Gasteiger partial charge in [-0.1, -0.05) is 24.3 Å². The molecule has 3 rings (SSSR count). The molecule has 0 atom stereocenters. The van der Waals surface area contributed by atoms with Gasteiger partial charge in [0.15, 0.2) is 0 Å². The minimum Gasteiger partial charge on any atom is -0.353 e. The summed E-state index contributed by atoms with van der Waals surface area (Å²) in [7, 11) is 0. The lowest BCUT2D eigenvalue weighted by atomic mass is 10.0. The Morgan fingerprint density at radius 2 is 1.28 bits per heavy atom. The van der Waals surface area contributed by atoms with Gasteiger partial charge in [0.05, 0.1) is 0 Å². The van der Waals surface area contributed by atoms with Crippen molar-refractivity contribution in [1.82, 2.24) is 15.0 Å². The molecule has 156 valence electrons. The highest BCUT2D eigenvalue weighted by molar-refractivity contribution is 5.43. The summed E-state index contributed by atoms with van der Waals surface area (Å²) in [6.07, 6.45) is -4.54. The number of aromatic nitrogens is 3. The summed E-state index contributed by atoms with van der Waals surface area (Å²) in [6.45, 7) is 2.08. The number of nitrogens with one attached hydrogen (secondary N) is 3. The highest BCUT2D eigenvalue weighted by Gasteiger charge is 2.65. The highest BCUT2D eigenvalue weighted by Crippen LogP contribution is 2.52. The molecule has 0 fully saturated rings. The molecule has 0 saturated heterocycles. The van der Waals surface area contributed by atoms with Crippen LogP contribution in [0.2, 0.25) is 0 Å². The summed E-state index contributed by atoms with van der Waals surface area (Å²) in [6, 6.07) is 5.86. The van der Waals surface area contributed by atoms with Gasteiger partial charge in [0.2, 0.25) is 17.8 Å². The van der Waals surface area contributed by atoms with Gasteiger partial charge in [0, 0.05) is 38.3 Å². The molecule has 0 unspecified atom stereocenters. The zero-order valence-electron chi connectivity index (χ0n) is 15.4. The molecule has 1 aromatic heterocycles. The van der Waals surface area contributed by atoms with Crippen LogP contribution >= 0.6 is 0 Å². The van der Waals surface area contributed by atoms with Gasteiger partial charge in [-0.05, 0) is 5.56 Å². The van der Waals surface area contributed by atoms with E-state index >= 15 is 0 Å². The topological polar surface area (TPSA) is 152 Å². The van der Waals surface area contributed by atoms with Crippen molar-refractivity contribution in [2.75, 3.05) is 42.1 Å². The Labute approximate surface area is 164 Å². The molecule has 29 heavy (non-hydrogen) atoms. The maximum absolute atomic E-state index is 13.1. The summed E-state index contributed by atoms with van der Waals surface area (Å²) in [5, 5.41) is 15.3. The Bertz CT molecular complexity index is 821. The molecule has 1 aromatic carbocycles. The molecule has 0 bridgehead atoms. The van der Waals surface area contributed by atoms with Crippen LogP contribution in [0.25, 0.3) is 0 Å². The van der Waals surface area contributed by atoms with Crippen LogP contribution in [0.5, 0.6) is 0 Å². The average Bonchev–Trinajstić information content (AvgIpc) is 3.52. The molecule has 10 nitrogen and oxygen atoms in total. The van der Waals surface area contributed by atoms with Crippen LogP contribution in [0.1, 0.15) is 11.1 Å². The first-order valence-corrected chi connectivity index (χ1v) is 8.86. The normalized spacial score (nSPS) is 14.5. The van der Waals surface area contributed by atoms with E-state index in [4.69, 9.17) is 11.5 Å². The van der Waals surface area contributed by atoms with Crippen molar-refractivity contribution >= 4 is 17.8 Å². The smallest absolute Gasteiger partial charge is 0.353 e. The summed E-state index contributed by atoms with van der Waals surface area (Å²) in [4.78, 5) is 12.7. The fourth-order valence-corrected chi connectivity index (χ4v) is 2.46. The van der Waals surface area contributed by atoms with E-state index in [1.807, 2.05) is 0 Å². The third-order valence-electron chi connectivity index (χ3n) is 3.99. The third kappa shape index (κ3) is 4.86. The van der Waals surface area contributed by atoms with Crippen LogP contribution < -0.4 is 27.4 Å². The van der Waals surface area contributed by atoms with Gasteiger partial charge in [0.1, 0.15) is 0 Å². The first-order valence-electron chi connectivity index (χ1n) is 8.86. The molecular weight excluding hydrogens is 389 g/mol. The van der Waals surface area contributed by atoms with Crippen molar-refractivity contribution in [3.63, 3.8) is 0 Å². The zero-order valence-corrected chi connectivity index (χ0v) is 15.4. The Morgan fingerprint density at radius 1 is 0.793 bits per heavy atom. The minimum atomic E-state index is -4.54. The summed E-state index contributed by atoms with van der Waals surface area (Å²) in [5.41, 5.74) is 9.25. The predicted molar refractivity (Wildman–Crippen MR) is 101 cm³/mol. The van der Waals surface area contributed by atoms with E-state index in [0.29, 0.717) is 50.6 Å². The van der Waals surface area contributed by atoms with Gasteiger partial charge in [0.25, 0.3) is 0 Å². The molecule has 0 amide bonds. The third-order valence-corrected chi connectivity index (χ3v) is 3.99. The van der Waals surface area contributed by atoms with Crippen LogP contribution in [0.3, 0.4) is 0 Å². The number of hydrogen-bond donors (Lipinski definition) is 5. The van der Waals surface area contributed by atoms with Crippen molar-refractivity contribution in [2.45, 2.75) is 18.4 Å².